The molecule has 0 aromatic rings. The van der Waals surface area contributed by atoms with Gasteiger partial charge in [0.1, 0.15) is 30.5 Å². The highest BCUT2D eigenvalue weighted by Crippen LogP contribution is 2.23. The molecule has 0 spiro atoms. The monoisotopic (exact) mass is 830 g/mol. The summed E-state index contributed by atoms with van der Waals surface area (Å²) >= 11 is 0. The topological polar surface area (TPSA) is 169 Å². The molecular formula is C48H95NO9. The zero-order valence-corrected chi connectivity index (χ0v) is 37.9. The van der Waals surface area contributed by atoms with Crippen LogP contribution in [0.2, 0.25) is 0 Å². The van der Waals surface area contributed by atoms with Crippen molar-refractivity contribution in [3.05, 3.63) is 0 Å². The molecule has 0 aliphatic carbocycles. The van der Waals surface area contributed by atoms with E-state index in [4.69, 9.17) is 9.47 Å². The Kier molecular flexibility index (Phi) is 36.0. The molecule has 58 heavy (non-hydrogen) atoms. The average molecular weight is 830 g/mol. The molecular weight excluding hydrogens is 735 g/mol. The van der Waals surface area contributed by atoms with Gasteiger partial charge in [0.25, 0.3) is 0 Å². The van der Waals surface area contributed by atoms with Gasteiger partial charge < -0.3 is 45.4 Å². The lowest BCUT2D eigenvalue weighted by Crippen LogP contribution is -2.60. The van der Waals surface area contributed by atoms with Crippen LogP contribution in [0.5, 0.6) is 0 Å². The first-order chi connectivity index (χ1) is 28.1. The lowest BCUT2D eigenvalue weighted by molar-refractivity contribution is -0.303. The largest absolute Gasteiger partial charge is 0.394 e. The smallest absolute Gasteiger partial charge is 0.220 e. The zero-order valence-electron chi connectivity index (χ0n) is 37.9. The number of aliphatic hydroxyl groups is 6. The fourth-order valence-corrected chi connectivity index (χ4v) is 8.21. The van der Waals surface area contributed by atoms with Gasteiger partial charge in [0.15, 0.2) is 6.29 Å². The van der Waals surface area contributed by atoms with Crippen LogP contribution < -0.4 is 5.32 Å². The van der Waals surface area contributed by atoms with E-state index >= 15 is 0 Å². The van der Waals surface area contributed by atoms with Crippen molar-refractivity contribution in [3.63, 3.8) is 0 Å². The van der Waals surface area contributed by atoms with Gasteiger partial charge in [-0.2, -0.15) is 0 Å². The molecule has 0 bridgehead atoms. The maximum Gasteiger partial charge on any atom is 0.220 e. The van der Waals surface area contributed by atoms with Crippen LogP contribution in [-0.4, -0.2) is 98.7 Å². The number of unbranched alkanes of at least 4 members (excludes halogenated alkanes) is 28. The normalized spacial score (nSPS) is 21.4. The number of hydrogen-bond donors (Lipinski definition) is 7. The second-order valence-corrected chi connectivity index (χ2v) is 18.2. The van der Waals surface area contributed by atoms with E-state index in [1.54, 1.807) is 0 Å². The van der Waals surface area contributed by atoms with Gasteiger partial charge >= 0.3 is 0 Å². The number of amides is 1. The second kappa shape index (κ2) is 37.9. The van der Waals surface area contributed by atoms with Crippen LogP contribution in [0.1, 0.15) is 233 Å². The van der Waals surface area contributed by atoms with Crippen LogP contribution in [0.4, 0.5) is 0 Å². The Labute approximate surface area is 356 Å². The third kappa shape index (κ3) is 28.6. The van der Waals surface area contributed by atoms with Gasteiger partial charge in [-0.3, -0.25) is 4.79 Å². The lowest BCUT2D eigenvalue weighted by atomic mass is 9.98. The molecule has 1 unspecified atom stereocenters. The van der Waals surface area contributed by atoms with Gasteiger partial charge in [-0.25, -0.2) is 0 Å². The number of carbonyl (C=O) groups excluding carboxylic acids is 1. The summed E-state index contributed by atoms with van der Waals surface area (Å²) in [6.07, 6.45) is 29.8. The predicted octanol–water partition coefficient (Wildman–Crippen LogP) is 9.56. The summed E-state index contributed by atoms with van der Waals surface area (Å²) < 4.78 is 11.2. The Morgan fingerprint density at radius 3 is 1.38 bits per heavy atom. The van der Waals surface area contributed by atoms with Crippen LogP contribution in [0.15, 0.2) is 0 Å². The van der Waals surface area contributed by atoms with Crippen molar-refractivity contribution in [2.24, 2.45) is 5.92 Å². The van der Waals surface area contributed by atoms with Crippen molar-refractivity contribution in [1.82, 2.24) is 5.32 Å². The number of rotatable bonds is 41. The first kappa shape index (κ1) is 55.2. The molecule has 1 saturated heterocycles. The van der Waals surface area contributed by atoms with E-state index in [2.05, 4.69) is 26.1 Å². The summed E-state index contributed by atoms with van der Waals surface area (Å²) in [7, 11) is 0. The maximum atomic E-state index is 13.0. The first-order valence-electron chi connectivity index (χ1n) is 24.7. The van der Waals surface area contributed by atoms with E-state index in [1.165, 1.54) is 154 Å². The Hall–Kier alpha value is -0.850. The van der Waals surface area contributed by atoms with Crippen LogP contribution in [0, 0.1) is 5.92 Å². The van der Waals surface area contributed by atoms with Gasteiger partial charge in [-0.05, 0) is 18.8 Å². The highest BCUT2D eigenvalue weighted by Gasteiger charge is 2.44. The summed E-state index contributed by atoms with van der Waals surface area (Å²) in [5.74, 6) is 0.522. The molecule has 0 aromatic heterocycles. The molecule has 10 nitrogen and oxygen atoms in total. The number of ether oxygens (including phenoxy) is 2. The minimum atomic E-state index is -1.60. The molecule has 1 aliphatic heterocycles. The molecule has 0 saturated carbocycles. The molecule has 1 amide bonds. The minimum absolute atomic E-state index is 0.254. The quantitative estimate of drug-likeness (QED) is 0.0297. The van der Waals surface area contributed by atoms with Crippen molar-refractivity contribution in [2.45, 2.75) is 282 Å². The first-order valence-corrected chi connectivity index (χ1v) is 24.7. The number of aliphatic hydroxyl groups excluding tert-OH is 6. The molecule has 346 valence electrons. The highest BCUT2D eigenvalue weighted by atomic mass is 16.7. The Bertz CT molecular complexity index is 908. The summed E-state index contributed by atoms with van der Waals surface area (Å²) in [5.41, 5.74) is 0. The molecule has 1 aliphatic rings. The molecule has 7 N–H and O–H groups in total. The standard InChI is InChI=1S/C48H95NO9/c1-4-5-6-7-8-9-10-11-12-13-14-15-16-17-18-19-20-24-27-30-33-36-43(52)49-40(38-57-48-47(56)46(55)45(54)42(37-50)58-48)44(53)41(51)35-32-29-26-23-21-22-25-28-31-34-39(2)3/h39-42,44-48,50-51,53-56H,4-38H2,1-3H3,(H,49,52)/t40-,41+,42+,44-,45-,46-,47+,48?/m0/s1. The lowest BCUT2D eigenvalue weighted by Gasteiger charge is -2.40. The van der Waals surface area contributed by atoms with E-state index in [0.29, 0.717) is 6.42 Å². The maximum absolute atomic E-state index is 13.0. The molecule has 10 heteroatoms. The summed E-state index contributed by atoms with van der Waals surface area (Å²) in [4.78, 5) is 13.0. The van der Waals surface area contributed by atoms with Gasteiger partial charge in [-0.15, -0.1) is 0 Å². The van der Waals surface area contributed by atoms with Gasteiger partial charge in [0, 0.05) is 6.42 Å². The Balaban J connectivity index is 2.31. The average Bonchev–Trinajstić information content (AvgIpc) is 3.21. The Morgan fingerprint density at radius 2 is 0.966 bits per heavy atom. The number of hydrogen-bond acceptors (Lipinski definition) is 9. The van der Waals surface area contributed by atoms with Crippen LogP contribution in [0.3, 0.4) is 0 Å². The molecule has 1 heterocycles. The molecule has 1 rings (SSSR count). The van der Waals surface area contributed by atoms with E-state index in [9.17, 15) is 35.4 Å². The molecule has 0 aromatic carbocycles. The van der Waals surface area contributed by atoms with E-state index < -0.39 is 55.6 Å². The predicted molar refractivity (Wildman–Crippen MR) is 237 cm³/mol. The Morgan fingerprint density at radius 1 is 0.569 bits per heavy atom. The van der Waals surface area contributed by atoms with Crippen LogP contribution in [-0.2, 0) is 14.3 Å². The minimum Gasteiger partial charge on any atom is -0.394 e. The van der Waals surface area contributed by atoms with E-state index in [0.717, 1.165) is 50.9 Å². The van der Waals surface area contributed by atoms with Gasteiger partial charge in [0.05, 0.1) is 25.4 Å². The van der Waals surface area contributed by atoms with Crippen LogP contribution in [0.25, 0.3) is 0 Å². The third-order valence-corrected chi connectivity index (χ3v) is 12.2. The van der Waals surface area contributed by atoms with E-state index in [-0.39, 0.29) is 18.9 Å². The van der Waals surface area contributed by atoms with Crippen molar-refractivity contribution >= 4 is 5.91 Å². The zero-order chi connectivity index (χ0) is 42.6. The number of carbonyl (C=O) groups is 1. The fourth-order valence-electron chi connectivity index (χ4n) is 8.21. The van der Waals surface area contributed by atoms with Gasteiger partial charge in [-0.1, -0.05) is 213 Å². The van der Waals surface area contributed by atoms with Gasteiger partial charge in [0.2, 0.25) is 5.91 Å². The van der Waals surface area contributed by atoms with Crippen molar-refractivity contribution in [3.8, 4) is 0 Å². The van der Waals surface area contributed by atoms with E-state index in [1.807, 2.05) is 0 Å². The van der Waals surface area contributed by atoms with Crippen molar-refractivity contribution in [2.75, 3.05) is 13.2 Å². The molecule has 8 atom stereocenters. The second-order valence-electron chi connectivity index (χ2n) is 18.2. The van der Waals surface area contributed by atoms with Crippen molar-refractivity contribution in [1.29, 1.82) is 0 Å². The van der Waals surface area contributed by atoms with Crippen LogP contribution >= 0.6 is 0 Å². The van der Waals surface area contributed by atoms with Crippen molar-refractivity contribution < 1.29 is 44.9 Å². The summed E-state index contributed by atoms with van der Waals surface area (Å²) in [6.45, 7) is 5.93. The number of nitrogens with one attached hydrogen (secondary N) is 1. The summed E-state index contributed by atoms with van der Waals surface area (Å²) in [6, 6.07) is -0.986. The fraction of sp³-hybridized carbons (Fsp3) is 0.979. The summed E-state index contributed by atoms with van der Waals surface area (Å²) in [5, 5.41) is 65.2. The molecule has 1 fully saturated rings. The SMILES string of the molecule is CCCCCCCCCCCCCCCCCCCCCCCC(=O)N[C@@H](COC1O[C@H](CO)[C@H](O)[C@H](O)[C@H]1O)[C@H](O)[C@H](O)CCCCCCCCCCCC(C)C. The highest BCUT2D eigenvalue weighted by molar-refractivity contribution is 5.76. The third-order valence-electron chi connectivity index (χ3n) is 12.2. The molecule has 0 radical (unpaired) electrons.